The molecule has 0 amide bonds. The largest absolute Gasteiger partial charge is 0.497 e. The van der Waals surface area contributed by atoms with E-state index < -0.39 is 53.9 Å². The van der Waals surface area contributed by atoms with E-state index >= 15 is 0 Å². The molecule has 162 valence electrons. The van der Waals surface area contributed by atoms with Crippen LogP contribution in [-0.2, 0) is 29.7 Å². The van der Waals surface area contributed by atoms with Crippen LogP contribution < -0.4 is 14.8 Å². The van der Waals surface area contributed by atoms with E-state index in [4.69, 9.17) is 9.47 Å². The molecule has 0 spiro atoms. The standard InChI is InChI=1S/C16H22N2O8S3/c1-25-10-3-4-15(26-2)16(5-10)29(23,24)18-13-8-27(19,20)6-11(13)17-12-7-28(21,22)9-14(12)18/h3-5,11-14,17H,6-9H2,1-2H3/t11-,12-,13-,14+/m0/s1. The van der Waals surface area contributed by atoms with Crippen molar-refractivity contribution in [2.24, 2.45) is 0 Å². The second-order valence-corrected chi connectivity index (χ2v) is 13.6. The van der Waals surface area contributed by atoms with E-state index in [2.05, 4.69) is 5.32 Å². The Balaban J connectivity index is 1.87. The number of rotatable bonds is 4. The zero-order valence-corrected chi connectivity index (χ0v) is 18.3. The molecule has 0 saturated carbocycles. The Kier molecular flexibility index (Phi) is 4.89. The molecule has 13 heteroatoms. The Labute approximate surface area is 170 Å². The number of hydrogen-bond donors (Lipinski definition) is 1. The monoisotopic (exact) mass is 466 g/mol. The van der Waals surface area contributed by atoms with Crippen LogP contribution >= 0.6 is 0 Å². The van der Waals surface area contributed by atoms with E-state index in [0.29, 0.717) is 0 Å². The zero-order valence-electron chi connectivity index (χ0n) is 15.8. The summed E-state index contributed by atoms with van der Waals surface area (Å²) in [6.07, 6.45) is 0. The van der Waals surface area contributed by atoms with Gasteiger partial charge in [-0.25, -0.2) is 25.3 Å². The lowest BCUT2D eigenvalue weighted by Crippen LogP contribution is -2.67. The van der Waals surface area contributed by atoms with Gasteiger partial charge in [0.05, 0.1) is 49.3 Å². The predicted octanol–water partition coefficient (Wildman–Crippen LogP) is -1.37. The SMILES string of the molecule is COc1ccc(OC)c(S(=O)(=O)N2[C@@H]3CS(=O)(=O)C[C@@H]3N[C@H]3CS(=O)(=O)C[C@@H]32)c1. The molecule has 4 rings (SSSR count). The van der Waals surface area contributed by atoms with Crippen molar-refractivity contribution in [2.45, 2.75) is 29.1 Å². The lowest BCUT2D eigenvalue weighted by molar-refractivity contribution is 0.160. The maximum atomic E-state index is 13.7. The van der Waals surface area contributed by atoms with E-state index in [1.165, 1.54) is 26.4 Å². The first-order valence-corrected chi connectivity index (χ1v) is 14.0. The smallest absolute Gasteiger partial charge is 0.247 e. The summed E-state index contributed by atoms with van der Waals surface area (Å²) in [4.78, 5) is -0.188. The van der Waals surface area contributed by atoms with Crippen molar-refractivity contribution < 1.29 is 34.7 Å². The average Bonchev–Trinajstić information content (AvgIpc) is 3.10. The molecule has 0 aliphatic carbocycles. The molecular weight excluding hydrogens is 444 g/mol. The summed E-state index contributed by atoms with van der Waals surface area (Å²) >= 11 is 0. The fourth-order valence-corrected chi connectivity index (χ4v) is 10.5. The molecule has 3 saturated heterocycles. The third-order valence-electron chi connectivity index (χ3n) is 5.65. The predicted molar refractivity (Wildman–Crippen MR) is 104 cm³/mol. The Morgan fingerprint density at radius 1 is 0.931 bits per heavy atom. The lowest BCUT2D eigenvalue weighted by atomic mass is 10.0. The molecule has 3 heterocycles. The number of piperazine rings is 1. The molecule has 3 aliphatic rings. The number of nitrogens with one attached hydrogen (secondary N) is 1. The molecule has 4 atom stereocenters. The number of sulfonamides is 1. The van der Waals surface area contributed by atoms with E-state index in [-0.39, 0.29) is 39.4 Å². The minimum absolute atomic E-state index is 0.0686. The van der Waals surface area contributed by atoms with Crippen molar-refractivity contribution in [1.29, 1.82) is 0 Å². The molecule has 29 heavy (non-hydrogen) atoms. The minimum Gasteiger partial charge on any atom is -0.497 e. The van der Waals surface area contributed by atoms with Gasteiger partial charge in [-0.3, -0.25) is 0 Å². The average molecular weight is 467 g/mol. The molecule has 3 fully saturated rings. The first-order valence-electron chi connectivity index (χ1n) is 8.90. The Morgan fingerprint density at radius 3 is 1.97 bits per heavy atom. The van der Waals surface area contributed by atoms with Gasteiger partial charge >= 0.3 is 0 Å². The van der Waals surface area contributed by atoms with Gasteiger partial charge in [0.1, 0.15) is 16.4 Å². The van der Waals surface area contributed by atoms with Crippen LogP contribution in [0.2, 0.25) is 0 Å². The highest BCUT2D eigenvalue weighted by Crippen LogP contribution is 2.39. The minimum atomic E-state index is -4.29. The summed E-state index contributed by atoms with van der Waals surface area (Å²) in [7, 11) is -8.50. The fraction of sp³-hybridized carbons (Fsp3) is 0.625. The molecule has 0 radical (unpaired) electrons. The van der Waals surface area contributed by atoms with Gasteiger partial charge in [-0.05, 0) is 12.1 Å². The number of ether oxygens (including phenoxy) is 2. The van der Waals surface area contributed by atoms with Crippen molar-refractivity contribution in [3.05, 3.63) is 18.2 Å². The number of nitrogens with zero attached hydrogens (tertiary/aromatic N) is 1. The van der Waals surface area contributed by atoms with Crippen LogP contribution in [0.4, 0.5) is 0 Å². The molecule has 0 unspecified atom stereocenters. The van der Waals surface area contributed by atoms with Crippen LogP contribution in [0.5, 0.6) is 11.5 Å². The van der Waals surface area contributed by atoms with Gasteiger partial charge in [0.2, 0.25) is 10.0 Å². The van der Waals surface area contributed by atoms with Crippen LogP contribution in [0.25, 0.3) is 0 Å². The van der Waals surface area contributed by atoms with Crippen LogP contribution in [0, 0.1) is 0 Å². The van der Waals surface area contributed by atoms with E-state index in [1.807, 2.05) is 0 Å². The van der Waals surface area contributed by atoms with Gasteiger partial charge < -0.3 is 14.8 Å². The second-order valence-electron chi connectivity index (χ2n) is 7.52. The third kappa shape index (κ3) is 3.52. The first kappa shape index (κ1) is 20.8. The topological polar surface area (TPSA) is 136 Å². The summed E-state index contributed by atoms with van der Waals surface area (Å²) in [5.41, 5.74) is 0. The van der Waals surface area contributed by atoms with Crippen LogP contribution in [-0.4, -0.2) is 91.0 Å². The number of methoxy groups -OCH3 is 2. The van der Waals surface area contributed by atoms with E-state index in [1.54, 1.807) is 6.07 Å². The number of benzene rings is 1. The molecular formula is C16H22N2O8S3. The van der Waals surface area contributed by atoms with Crippen molar-refractivity contribution >= 4 is 29.7 Å². The normalized spacial score (nSPS) is 33.0. The maximum Gasteiger partial charge on any atom is 0.247 e. The van der Waals surface area contributed by atoms with Crippen LogP contribution in [0.3, 0.4) is 0 Å². The van der Waals surface area contributed by atoms with Gasteiger partial charge in [-0.2, -0.15) is 4.31 Å². The lowest BCUT2D eigenvalue weighted by Gasteiger charge is -2.43. The van der Waals surface area contributed by atoms with Crippen LogP contribution in [0.15, 0.2) is 23.1 Å². The van der Waals surface area contributed by atoms with Gasteiger partial charge in [0, 0.05) is 18.2 Å². The fourth-order valence-electron chi connectivity index (χ4n) is 4.45. The van der Waals surface area contributed by atoms with Crippen molar-refractivity contribution in [3.63, 3.8) is 0 Å². The number of sulfone groups is 2. The van der Waals surface area contributed by atoms with Gasteiger partial charge in [-0.15, -0.1) is 0 Å². The summed E-state index contributed by atoms with van der Waals surface area (Å²) in [5.74, 6) is -0.839. The molecule has 1 aromatic rings. The highest BCUT2D eigenvalue weighted by molar-refractivity contribution is 7.92. The second kappa shape index (κ2) is 6.80. The molecule has 10 nitrogen and oxygen atoms in total. The Morgan fingerprint density at radius 2 is 1.48 bits per heavy atom. The van der Waals surface area contributed by atoms with Crippen molar-refractivity contribution in [1.82, 2.24) is 9.62 Å². The zero-order chi connectivity index (χ0) is 21.2. The molecule has 1 N–H and O–H groups in total. The molecule has 1 aromatic carbocycles. The van der Waals surface area contributed by atoms with Crippen molar-refractivity contribution in [3.8, 4) is 11.5 Å². The van der Waals surface area contributed by atoms with Gasteiger partial charge in [-0.1, -0.05) is 0 Å². The Hall–Kier alpha value is -1.41. The summed E-state index contributed by atoms with van der Waals surface area (Å²) in [6, 6.07) is 1.17. The Bertz CT molecular complexity index is 1100. The maximum absolute atomic E-state index is 13.7. The van der Waals surface area contributed by atoms with Gasteiger partial charge in [0.15, 0.2) is 19.7 Å². The summed E-state index contributed by atoms with van der Waals surface area (Å²) < 4.78 is 87.9. The van der Waals surface area contributed by atoms with Gasteiger partial charge in [0.25, 0.3) is 0 Å². The molecule has 0 bridgehead atoms. The molecule has 3 aliphatic heterocycles. The van der Waals surface area contributed by atoms with Crippen LogP contribution in [0.1, 0.15) is 0 Å². The van der Waals surface area contributed by atoms with E-state index in [9.17, 15) is 25.3 Å². The quantitative estimate of drug-likeness (QED) is 0.570. The highest BCUT2D eigenvalue weighted by Gasteiger charge is 2.57. The van der Waals surface area contributed by atoms with E-state index in [0.717, 1.165) is 4.31 Å². The third-order valence-corrected chi connectivity index (χ3v) is 11.1. The summed E-state index contributed by atoms with van der Waals surface area (Å²) in [6.45, 7) is 0. The van der Waals surface area contributed by atoms with Crippen molar-refractivity contribution in [2.75, 3.05) is 37.2 Å². The number of fused-ring (bicyclic) bond motifs is 2. The molecule has 0 aromatic heterocycles. The number of hydrogen-bond acceptors (Lipinski definition) is 9. The summed E-state index contributed by atoms with van der Waals surface area (Å²) in [5, 5.41) is 3.07. The first-order chi connectivity index (χ1) is 13.5. The highest BCUT2D eigenvalue weighted by atomic mass is 32.2.